The molecule has 0 radical (unpaired) electrons. The van der Waals surface area contributed by atoms with Crippen molar-refractivity contribution in [3.63, 3.8) is 0 Å². The van der Waals surface area contributed by atoms with Gasteiger partial charge in [-0.15, -0.1) is 0 Å². The van der Waals surface area contributed by atoms with E-state index in [1.807, 2.05) is 23.5 Å². The fourth-order valence-electron chi connectivity index (χ4n) is 1.67. The summed E-state index contributed by atoms with van der Waals surface area (Å²) in [5, 5.41) is 0. The molecule has 2 nitrogen and oxygen atoms in total. The van der Waals surface area contributed by atoms with E-state index in [0.717, 1.165) is 49.4 Å². The van der Waals surface area contributed by atoms with E-state index in [-0.39, 0.29) is 0 Å². The van der Waals surface area contributed by atoms with Crippen molar-refractivity contribution in [2.75, 3.05) is 37.9 Å². The zero-order chi connectivity index (χ0) is 12.5. The van der Waals surface area contributed by atoms with Gasteiger partial charge in [-0.25, -0.2) is 0 Å². The van der Waals surface area contributed by atoms with Gasteiger partial charge in [-0.05, 0) is 11.1 Å². The molecule has 0 unspecified atom stereocenters. The van der Waals surface area contributed by atoms with Crippen molar-refractivity contribution in [3.05, 3.63) is 35.4 Å². The van der Waals surface area contributed by atoms with E-state index in [1.54, 1.807) is 0 Å². The van der Waals surface area contributed by atoms with Crippen molar-refractivity contribution in [3.8, 4) is 0 Å². The molecule has 1 aromatic rings. The van der Waals surface area contributed by atoms with Crippen LogP contribution in [-0.4, -0.2) is 37.9 Å². The van der Waals surface area contributed by atoms with Gasteiger partial charge in [0.05, 0.1) is 26.4 Å². The summed E-state index contributed by atoms with van der Waals surface area (Å²) in [4.78, 5) is 0. The van der Waals surface area contributed by atoms with Gasteiger partial charge in [-0.3, -0.25) is 0 Å². The average Bonchev–Trinajstić information content (AvgIpc) is 2.40. The first-order valence-electron chi connectivity index (χ1n) is 6.34. The van der Waals surface area contributed by atoms with Crippen molar-refractivity contribution in [2.24, 2.45) is 0 Å². The third-order valence-corrected chi connectivity index (χ3v) is 4.66. The molecule has 2 aliphatic rings. The van der Waals surface area contributed by atoms with Crippen LogP contribution in [0.15, 0.2) is 24.3 Å². The summed E-state index contributed by atoms with van der Waals surface area (Å²) in [5.74, 6) is 4.26. The minimum absolute atomic E-state index is 0.721. The van der Waals surface area contributed by atoms with Gasteiger partial charge in [0.1, 0.15) is 0 Å². The largest absolute Gasteiger partial charge is 0.378 e. The summed E-state index contributed by atoms with van der Waals surface area (Å²) in [6, 6.07) is 8.97. The van der Waals surface area contributed by atoms with Gasteiger partial charge < -0.3 is 9.47 Å². The maximum atomic E-state index is 5.51. The average molecular weight is 284 g/mol. The Morgan fingerprint density at radius 3 is 1.56 bits per heavy atom. The van der Waals surface area contributed by atoms with Crippen LogP contribution in [0.4, 0.5) is 0 Å². The summed E-state index contributed by atoms with van der Waals surface area (Å²) in [6.07, 6.45) is 0. The Bertz CT molecular complexity index is 294. The van der Waals surface area contributed by atoms with Crippen molar-refractivity contribution < 1.29 is 9.47 Å². The molecule has 4 heteroatoms. The third-order valence-electron chi connectivity index (χ3n) is 2.68. The van der Waals surface area contributed by atoms with E-state index >= 15 is 0 Å². The number of hydrogen-bond acceptors (Lipinski definition) is 4. The summed E-state index contributed by atoms with van der Waals surface area (Å²) >= 11 is 3.85. The molecular weight excluding hydrogens is 264 g/mol. The molecule has 0 saturated heterocycles. The summed E-state index contributed by atoms with van der Waals surface area (Å²) in [6.45, 7) is 3.08. The van der Waals surface area contributed by atoms with E-state index in [0.29, 0.717) is 0 Å². The van der Waals surface area contributed by atoms with E-state index in [1.165, 1.54) is 11.1 Å². The normalized spacial score (nSPS) is 19.8. The number of fused-ring (bicyclic) bond motifs is 13. The smallest absolute Gasteiger partial charge is 0.0700 e. The van der Waals surface area contributed by atoms with Gasteiger partial charge in [0, 0.05) is 23.0 Å². The van der Waals surface area contributed by atoms with Crippen molar-refractivity contribution in [2.45, 2.75) is 11.5 Å². The first kappa shape index (κ1) is 14.3. The second kappa shape index (κ2) is 8.86. The molecule has 0 aliphatic carbocycles. The van der Waals surface area contributed by atoms with Crippen LogP contribution in [-0.2, 0) is 21.0 Å². The predicted molar refractivity (Wildman–Crippen MR) is 80.4 cm³/mol. The van der Waals surface area contributed by atoms with Crippen LogP contribution in [0, 0.1) is 0 Å². The maximum absolute atomic E-state index is 5.51. The molecule has 0 amide bonds. The van der Waals surface area contributed by atoms with Crippen molar-refractivity contribution >= 4 is 23.5 Å². The van der Waals surface area contributed by atoms with Crippen LogP contribution >= 0.6 is 23.5 Å². The molecule has 18 heavy (non-hydrogen) atoms. The van der Waals surface area contributed by atoms with Gasteiger partial charge in [-0.1, -0.05) is 24.3 Å². The molecule has 2 aliphatic heterocycles. The Labute approximate surface area is 118 Å². The fraction of sp³-hybridized carbons (Fsp3) is 0.571. The lowest BCUT2D eigenvalue weighted by atomic mass is 10.2. The highest BCUT2D eigenvalue weighted by molar-refractivity contribution is 7.98. The number of thioether (sulfide) groups is 2. The van der Waals surface area contributed by atoms with Crippen LogP contribution in [0.5, 0.6) is 0 Å². The SMILES string of the molecule is c1cc2ccc1CSCCOCCOCCSC2. The summed E-state index contributed by atoms with van der Waals surface area (Å²) in [7, 11) is 0. The Morgan fingerprint density at radius 2 is 1.11 bits per heavy atom. The topological polar surface area (TPSA) is 18.5 Å². The molecular formula is C14H20O2S2. The molecule has 2 bridgehead atoms. The van der Waals surface area contributed by atoms with Crippen molar-refractivity contribution in [1.82, 2.24) is 0 Å². The first-order valence-corrected chi connectivity index (χ1v) is 8.65. The number of ether oxygens (including phenoxy) is 2. The second-order valence-corrected chi connectivity index (χ2v) is 6.36. The monoisotopic (exact) mass is 284 g/mol. The maximum Gasteiger partial charge on any atom is 0.0700 e. The van der Waals surface area contributed by atoms with E-state index in [9.17, 15) is 0 Å². The molecule has 0 fully saturated rings. The Morgan fingerprint density at radius 1 is 0.667 bits per heavy atom. The zero-order valence-electron chi connectivity index (χ0n) is 10.6. The summed E-state index contributed by atoms with van der Waals surface area (Å²) in [5.41, 5.74) is 2.81. The standard InChI is InChI=1S/C14H20O2S2/c1-2-14-4-3-13(1)11-17-9-7-15-5-6-16-8-10-18-12-14/h1-4H,5-12H2. The molecule has 0 aromatic heterocycles. The number of hydrogen-bond donors (Lipinski definition) is 0. The highest BCUT2D eigenvalue weighted by Gasteiger charge is 1.98. The molecule has 0 N–H and O–H groups in total. The zero-order valence-corrected chi connectivity index (χ0v) is 12.2. The van der Waals surface area contributed by atoms with Gasteiger partial charge >= 0.3 is 0 Å². The Kier molecular flexibility index (Phi) is 7.01. The van der Waals surface area contributed by atoms with Gasteiger partial charge in [0.25, 0.3) is 0 Å². The molecule has 100 valence electrons. The lowest BCUT2D eigenvalue weighted by Gasteiger charge is -2.08. The molecule has 3 rings (SSSR count). The predicted octanol–water partition coefficient (Wildman–Crippen LogP) is 3.20. The van der Waals surface area contributed by atoms with Gasteiger partial charge in [-0.2, -0.15) is 23.5 Å². The lowest BCUT2D eigenvalue weighted by Crippen LogP contribution is -2.08. The van der Waals surface area contributed by atoms with Crippen molar-refractivity contribution in [1.29, 1.82) is 0 Å². The molecule has 1 aromatic carbocycles. The third kappa shape index (κ3) is 5.65. The summed E-state index contributed by atoms with van der Waals surface area (Å²) < 4.78 is 11.0. The highest BCUT2D eigenvalue weighted by Crippen LogP contribution is 2.16. The minimum Gasteiger partial charge on any atom is -0.378 e. The van der Waals surface area contributed by atoms with Crippen LogP contribution in [0.1, 0.15) is 11.1 Å². The Hall–Kier alpha value is -0.160. The number of benzene rings is 1. The van der Waals surface area contributed by atoms with Crippen LogP contribution in [0.3, 0.4) is 0 Å². The van der Waals surface area contributed by atoms with Crippen LogP contribution < -0.4 is 0 Å². The lowest BCUT2D eigenvalue weighted by molar-refractivity contribution is 0.0605. The fourth-order valence-corrected chi connectivity index (χ4v) is 3.29. The second-order valence-electron chi connectivity index (χ2n) is 4.15. The van der Waals surface area contributed by atoms with E-state index in [2.05, 4.69) is 24.3 Å². The molecule has 0 atom stereocenters. The van der Waals surface area contributed by atoms with Gasteiger partial charge in [0.15, 0.2) is 0 Å². The molecule has 0 spiro atoms. The molecule has 0 saturated carbocycles. The van der Waals surface area contributed by atoms with Crippen LogP contribution in [0.25, 0.3) is 0 Å². The number of rotatable bonds is 0. The van der Waals surface area contributed by atoms with E-state index < -0.39 is 0 Å². The van der Waals surface area contributed by atoms with Gasteiger partial charge in [0.2, 0.25) is 0 Å². The Balaban J connectivity index is 1.84. The minimum atomic E-state index is 0.721. The van der Waals surface area contributed by atoms with Crippen LogP contribution in [0.2, 0.25) is 0 Å². The quantitative estimate of drug-likeness (QED) is 0.728. The first-order chi connectivity index (χ1) is 8.95. The highest BCUT2D eigenvalue weighted by atomic mass is 32.2. The van der Waals surface area contributed by atoms with E-state index in [4.69, 9.17) is 9.47 Å². The molecule has 2 heterocycles.